The molecule has 0 aromatic heterocycles. The van der Waals surface area contributed by atoms with E-state index in [1.807, 2.05) is 62.4 Å². The van der Waals surface area contributed by atoms with Crippen LogP contribution in [0.2, 0.25) is 0 Å². The minimum absolute atomic E-state index is 0.0242. The zero-order chi connectivity index (χ0) is 24.4. The van der Waals surface area contributed by atoms with Crippen LogP contribution in [0.1, 0.15) is 74.3 Å². The first-order valence-corrected chi connectivity index (χ1v) is 14.0. The molecular formula is C29H36N2O3S. The molecule has 4 bridgehead atoms. The lowest BCUT2D eigenvalue weighted by molar-refractivity contribution is -0.124. The minimum atomic E-state index is -0.143. The van der Waals surface area contributed by atoms with E-state index in [1.54, 1.807) is 0 Å². The van der Waals surface area contributed by atoms with Gasteiger partial charge in [0.25, 0.3) is 5.91 Å². The first-order valence-electron chi connectivity index (χ1n) is 13.0. The SMILES string of the molecule is CCOc1ccc(C(C)NC(=O)c2ccccc2SCC(=O)NC23CC4CC(CC(C4)C2)C3)cc1. The first kappa shape index (κ1) is 24.2. The maximum atomic E-state index is 13.1. The van der Waals surface area contributed by atoms with Crippen molar-refractivity contribution >= 4 is 23.6 Å². The Hall–Kier alpha value is -2.47. The third kappa shape index (κ3) is 5.53. The normalized spacial score (nSPS) is 27.3. The quantitative estimate of drug-likeness (QED) is 0.437. The molecule has 0 radical (unpaired) electrons. The zero-order valence-corrected chi connectivity index (χ0v) is 21.5. The summed E-state index contributed by atoms with van der Waals surface area (Å²) in [6, 6.07) is 15.2. The molecule has 4 saturated carbocycles. The van der Waals surface area contributed by atoms with Crippen molar-refractivity contribution in [3.8, 4) is 5.75 Å². The van der Waals surface area contributed by atoms with Gasteiger partial charge in [0.1, 0.15) is 5.75 Å². The average molecular weight is 493 g/mol. The molecular weight excluding hydrogens is 456 g/mol. The second-order valence-electron chi connectivity index (χ2n) is 10.7. The third-order valence-electron chi connectivity index (χ3n) is 7.97. The highest BCUT2D eigenvalue weighted by Gasteiger charge is 2.51. The van der Waals surface area contributed by atoms with Crippen molar-refractivity contribution < 1.29 is 14.3 Å². The number of thioether (sulfide) groups is 1. The lowest BCUT2D eigenvalue weighted by Gasteiger charge is -2.56. The summed E-state index contributed by atoms with van der Waals surface area (Å²) in [6.07, 6.45) is 7.54. The van der Waals surface area contributed by atoms with Crippen LogP contribution in [0, 0.1) is 17.8 Å². The van der Waals surface area contributed by atoms with Gasteiger partial charge in [0.05, 0.1) is 24.0 Å². The van der Waals surface area contributed by atoms with E-state index in [0.717, 1.165) is 53.2 Å². The van der Waals surface area contributed by atoms with Crippen molar-refractivity contribution in [3.05, 3.63) is 59.7 Å². The molecule has 2 N–H and O–H groups in total. The van der Waals surface area contributed by atoms with Gasteiger partial charge in [-0.1, -0.05) is 24.3 Å². The molecule has 2 aromatic carbocycles. The van der Waals surface area contributed by atoms with E-state index in [9.17, 15) is 9.59 Å². The average Bonchev–Trinajstić information content (AvgIpc) is 2.82. The molecule has 6 heteroatoms. The Kier molecular flexibility index (Phi) is 7.10. The van der Waals surface area contributed by atoms with Crippen LogP contribution in [0.5, 0.6) is 5.75 Å². The second-order valence-corrected chi connectivity index (χ2v) is 11.7. The van der Waals surface area contributed by atoms with Crippen molar-refractivity contribution in [1.82, 2.24) is 10.6 Å². The van der Waals surface area contributed by atoms with Gasteiger partial charge in [0, 0.05) is 10.4 Å². The van der Waals surface area contributed by atoms with Gasteiger partial charge >= 0.3 is 0 Å². The van der Waals surface area contributed by atoms with Crippen LogP contribution in [0.25, 0.3) is 0 Å². The highest BCUT2D eigenvalue weighted by atomic mass is 32.2. The smallest absolute Gasteiger partial charge is 0.252 e. The number of carbonyl (C=O) groups excluding carboxylic acids is 2. The summed E-state index contributed by atoms with van der Waals surface area (Å²) in [5.41, 5.74) is 1.65. The summed E-state index contributed by atoms with van der Waals surface area (Å²) < 4.78 is 5.51. The Morgan fingerprint density at radius 2 is 1.63 bits per heavy atom. The topological polar surface area (TPSA) is 67.4 Å². The van der Waals surface area contributed by atoms with E-state index in [0.29, 0.717) is 17.9 Å². The lowest BCUT2D eigenvalue weighted by atomic mass is 9.53. The molecule has 2 amide bonds. The molecule has 0 spiro atoms. The van der Waals surface area contributed by atoms with Crippen LogP contribution in [0.3, 0.4) is 0 Å². The molecule has 2 aromatic rings. The molecule has 0 saturated heterocycles. The zero-order valence-electron chi connectivity index (χ0n) is 20.7. The Balaban J connectivity index is 1.18. The molecule has 4 aliphatic rings. The molecule has 0 aliphatic heterocycles. The molecule has 1 unspecified atom stereocenters. The van der Waals surface area contributed by atoms with Crippen LogP contribution >= 0.6 is 11.8 Å². The molecule has 4 aliphatic carbocycles. The maximum absolute atomic E-state index is 13.1. The molecule has 35 heavy (non-hydrogen) atoms. The van der Waals surface area contributed by atoms with E-state index in [1.165, 1.54) is 31.0 Å². The third-order valence-corrected chi connectivity index (χ3v) is 9.05. The summed E-state index contributed by atoms with van der Waals surface area (Å²) in [4.78, 5) is 26.9. The standard InChI is InChI=1S/C29H36N2O3S/c1-3-34-24-10-8-23(9-11-24)19(2)30-28(33)25-6-4-5-7-26(25)35-18-27(32)31-29-15-20-12-21(16-29)14-22(13-20)17-29/h4-11,19-22H,3,12-18H2,1-2H3,(H,30,33)(H,31,32). The van der Waals surface area contributed by atoms with Gasteiger partial charge in [-0.25, -0.2) is 0 Å². The number of hydrogen-bond donors (Lipinski definition) is 2. The molecule has 4 fully saturated rings. The number of nitrogens with one attached hydrogen (secondary N) is 2. The Labute approximate surface area is 212 Å². The summed E-state index contributed by atoms with van der Waals surface area (Å²) >= 11 is 1.45. The first-order chi connectivity index (χ1) is 16.9. The predicted molar refractivity (Wildman–Crippen MR) is 140 cm³/mol. The summed E-state index contributed by atoms with van der Waals surface area (Å²) in [5.74, 6) is 3.53. The fraction of sp³-hybridized carbons (Fsp3) is 0.517. The van der Waals surface area contributed by atoms with Crippen molar-refractivity contribution in [2.75, 3.05) is 12.4 Å². The van der Waals surface area contributed by atoms with Crippen LogP contribution in [0.15, 0.2) is 53.4 Å². The number of hydrogen-bond acceptors (Lipinski definition) is 4. The molecule has 5 nitrogen and oxygen atoms in total. The number of amides is 2. The highest BCUT2D eigenvalue weighted by Crippen LogP contribution is 2.55. The van der Waals surface area contributed by atoms with E-state index in [4.69, 9.17) is 4.74 Å². The predicted octanol–water partition coefficient (Wildman–Crippen LogP) is 5.75. The van der Waals surface area contributed by atoms with Gasteiger partial charge in [-0.2, -0.15) is 0 Å². The number of benzene rings is 2. The van der Waals surface area contributed by atoms with E-state index < -0.39 is 0 Å². The van der Waals surface area contributed by atoms with Gasteiger partial charge in [0.2, 0.25) is 5.91 Å². The van der Waals surface area contributed by atoms with Gasteiger partial charge in [0.15, 0.2) is 0 Å². The second kappa shape index (κ2) is 10.3. The van der Waals surface area contributed by atoms with Gasteiger partial charge in [-0.15, -0.1) is 11.8 Å². The van der Waals surface area contributed by atoms with Crippen molar-refractivity contribution in [2.24, 2.45) is 17.8 Å². The van der Waals surface area contributed by atoms with E-state index in [2.05, 4.69) is 10.6 Å². The maximum Gasteiger partial charge on any atom is 0.252 e. The minimum Gasteiger partial charge on any atom is -0.494 e. The fourth-order valence-electron chi connectivity index (χ4n) is 6.90. The Morgan fingerprint density at radius 3 is 2.26 bits per heavy atom. The van der Waals surface area contributed by atoms with Crippen LogP contribution in [-0.2, 0) is 4.79 Å². The van der Waals surface area contributed by atoms with Crippen LogP contribution in [-0.4, -0.2) is 29.7 Å². The van der Waals surface area contributed by atoms with E-state index >= 15 is 0 Å². The fourth-order valence-corrected chi connectivity index (χ4v) is 7.75. The number of ether oxygens (including phenoxy) is 1. The summed E-state index contributed by atoms with van der Waals surface area (Å²) in [5, 5.41) is 6.54. The molecule has 186 valence electrons. The van der Waals surface area contributed by atoms with Gasteiger partial charge in [-0.05, 0) is 100.0 Å². The Bertz CT molecular complexity index is 1030. The summed E-state index contributed by atoms with van der Waals surface area (Å²) in [7, 11) is 0. The summed E-state index contributed by atoms with van der Waals surface area (Å²) in [6.45, 7) is 4.56. The lowest BCUT2D eigenvalue weighted by Crippen LogP contribution is -2.60. The van der Waals surface area contributed by atoms with Crippen LogP contribution < -0.4 is 15.4 Å². The highest BCUT2D eigenvalue weighted by molar-refractivity contribution is 8.00. The van der Waals surface area contributed by atoms with Crippen LogP contribution in [0.4, 0.5) is 0 Å². The van der Waals surface area contributed by atoms with E-state index in [-0.39, 0.29) is 23.4 Å². The van der Waals surface area contributed by atoms with Crippen molar-refractivity contribution in [3.63, 3.8) is 0 Å². The van der Waals surface area contributed by atoms with Gasteiger partial charge < -0.3 is 15.4 Å². The molecule has 0 heterocycles. The molecule has 6 rings (SSSR count). The molecule has 1 atom stereocenters. The number of carbonyl (C=O) groups is 2. The van der Waals surface area contributed by atoms with Gasteiger partial charge in [-0.3, -0.25) is 9.59 Å². The Morgan fingerprint density at radius 1 is 1.00 bits per heavy atom. The largest absolute Gasteiger partial charge is 0.494 e. The van der Waals surface area contributed by atoms with Crippen molar-refractivity contribution in [2.45, 2.75) is 68.8 Å². The van der Waals surface area contributed by atoms with Crippen molar-refractivity contribution in [1.29, 1.82) is 0 Å². The monoisotopic (exact) mass is 492 g/mol. The number of rotatable bonds is 9.